The summed E-state index contributed by atoms with van der Waals surface area (Å²) < 4.78 is 23.0. The van der Waals surface area contributed by atoms with Gasteiger partial charge in [-0.15, -0.1) is 0 Å². The van der Waals surface area contributed by atoms with Gasteiger partial charge in [-0.2, -0.15) is 0 Å². The molecule has 0 aliphatic heterocycles. The van der Waals surface area contributed by atoms with E-state index in [1.165, 1.54) is 0 Å². The van der Waals surface area contributed by atoms with E-state index >= 15 is 0 Å². The van der Waals surface area contributed by atoms with Crippen molar-refractivity contribution in [2.75, 3.05) is 26.4 Å². The van der Waals surface area contributed by atoms with Gasteiger partial charge in [-0.3, -0.25) is 0 Å². The van der Waals surface area contributed by atoms with E-state index < -0.39 is 8.80 Å². The van der Waals surface area contributed by atoms with Gasteiger partial charge in [0.05, 0.1) is 6.61 Å². The third-order valence-electron chi connectivity index (χ3n) is 2.67. The zero-order valence-electron chi connectivity index (χ0n) is 12.7. The molecule has 0 unspecified atom stereocenters. The summed E-state index contributed by atoms with van der Waals surface area (Å²) >= 11 is 0. The van der Waals surface area contributed by atoms with Gasteiger partial charge in [-0.1, -0.05) is 12.1 Å². The highest BCUT2D eigenvalue weighted by Crippen LogP contribution is 2.18. The van der Waals surface area contributed by atoms with Gasteiger partial charge in [0.1, 0.15) is 5.75 Å². The highest BCUT2D eigenvalue weighted by atomic mass is 28.4. The minimum absolute atomic E-state index is 0.612. The van der Waals surface area contributed by atoms with Gasteiger partial charge < -0.3 is 18.0 Å². The Morgan fingerprint density at radius 3 is 2.20 bits per heavy atom. The van der Waals surface area contributed by atoms with Crippen molar-refractivity contribution >= 4 is 8.80 Å². The molecule has 0 fully saturated rings. The van der Waals surface area contributed by atoms with Crippen LogP contribution in [0.5, 0.6) is 5.75 Å². The lowest BCUT2D eigenvalue weighted by Crippen LogP contribution is -2.46. The van der Waals surface area contributed by atoms with Crippen molar-refractivity contribution in [1.82, 2.24) is 0 Å². The molecule has 0 spiro atoms. The molecule has 0 saturated carbocycles. The number of rotatable bonds is 11. The van der Waals surface area contributed by atoms with Crippen LogP contribution in [-0.4, -0.2) is 35.2 Å². The lowest BCUT2D eigenvalue weighted by molar-refractivity contribution is 0.0696. The first-order valence-electron chi connectivity index (χ1n) is 7.27. The number of hydrogen-bond acceptors (Lipinski definition) is 4. The average molecular weight is 297 g/mol. The predicted octanol–water partition coefficient (Wildman–Crippen LogP) is 3.30. The second-order valence-electron chi connectivity index (χ2n) is 4.17. The molecule has 0 bridgehead atoms. The van der Waals surface area contributed by atoms with Crippen LogP contribution in [0.1, 0.15) is 27.2 Å². The standard InChI is InChI=1S/C15H25O4Si/c1-4-17-20(18-5-2,19-6-3)14-10-13-16-15-11-8-7-9-12-15/h7-8,11-12H,4-6,10,13-14H2,1-3H3. The third kappa shape index (κ3) is 6.05. The van der Waals surface area contributed by atoms with Crippen LogP contribution >= 0.6 is 0 Å². The van der Waals surface area contributed by atoms with E-state index in [4.69, 9.17) is 18.0 Å². The summed E-state index contributed by atoms with van der Waals surface area (Å²) in [5.74, 6) is 0.837. The summed E-state index contributed by atoms with van der Waals surface area (Å²) in [5.41, 5.74) is 0. The molecule has 0 aliphatic rings. The fraction of sp³-hybridized carbons (Fsp3) is 0.600. The van der Waals surface area contributed by atoms with Gasteiger partial charge in [-0.05, 0) is 45.4 Å². The number of ether oxygens (including phenoxy) is 1. The molecule has 1 aromatic rings. The Balaban J connectivity index is 2.40. The van der Waals surface area contributed by atoms with Gasteiger partial charge in [0, 0.05) is 25.9 Å². The third-order valence-corrected chi connectivity index (χ3v) is 5.82. The van der Waals surface area contributed by atoms with Crippen LogP contribution in [0.4, 0.5) is 0 Å². The molecule has 4 nitrogen and oxygen atoms in total. The van der Waals surface area contributed by atoms with Crippen molar-refractivity contribution < 1.29 is 18.0 Å². The summed E-state index contributed by atoms with van der Waals surface area (Å²) in [4.78, 5) is 0. The minimum atomic E-state index is -2.52. The van der Waals surface area contributed by atoms with Crippen LogP contribution in [0.25, 0.3) is 0 Å². The Hall–Kier alpha value is -0.883. The Morgan fingerprint density at radius 1 is 1.05 bits per heavy atom. The Labute approximate surface area is 123 Å². The fourth-order valence-corrected chi connectivity index (χ4v) is 4.53. The van der Waals surface area contributed by atoms with Crippen molar-refractivity contribution in [3.63, 3.8) is 0 Å². The maximum absolute atomic E-state index is 5.80. The maximum Gasteiger partial charge on any atom is 0.501 e. The largest absolute Gasteiger partial charge is 0.501 e. The van der Waals surface area contributed by atoms with Crippen LogP contribution in [0.2, 0.25) is 6.04 Å². The quantitative estimate of drug-likeness (QED) is 0.464. The van der Waals surface area contributed by atoms with E-state index in [1.54, 1.807) is 0 Å². The molecule has 0 N–H and O–H groups in total. The normalized spacial score (nSPS) is 11.6. The second-order valence-corrected chi connectivity index (χ2v) is 6.91. The zero-order chi connectivity index (χ0) is 14.7. The molecule has 1 radical (unpaired) electrons. The molecule has 0 aliphatic carbocycles. The van der Waals surface area contributed by atoms with Gasteiger partial charge >= 0.3 is 8.80 Å². The van der Waals surface area contributed by atoms with E-state index in [0.717, 1.165) is 18.2 Å². The van der Waals surface area contributed by atoms with Gasteiger partial charge in [0.25, 0.3) is 0 Å². The molecule has 0 aromatic heterocycles. The Bertz CT molecular complexity index is 328. The molecule has 5 heteroatoms. The highest BCUT2D eigenvalue weighted by Gasteiger charge is 2.39. The van der Waals surface area contributed by atoms with E-state index in [1.807, 2.05) is 45.0 Å². The summed E-state index contributed by atoms with van der Waals surface area (Å²) in [5, 5.41) is 0. The monoisotopic (exact) mass is 297 g/mol. The maximum atomic E-state index is 5.80. The topological polar surface area (TPSA) is 36.9 Å². The number of benzene rings is 1. The van der Waals surface area contributed by atoms with Gasteiger partial charge in [0.2, 0.25) is 0 Å². The van der Waals surface area contributed by atoms with Crippen molar-refractivity contribution in [3.8, 4) is 5.75 Å². The van der Waals surface area contributed by atoms with Gasteiger partial charge in [0.15, 0.2) is 0 Å². The van der Waals surface area contributed by atoms with Crippen LogP contribution in [0.15, 0.2) is 24.3 Å². The summed E-state index contributed by atoms with van der Waals surface area (Å²) in [7, 11) is -2.52. The molecule has 0 saturated heterocycles. The molecule has 1 rings (SSSR count). The van der Waals surface area contributed by atoms with E-state index in [2.05, 4.69) is 6.07 Å². The fourth-order valence-electron chi connectivity index (χ4n) is 1.95. The van der Waals surface area contributed by atoms with Crippen LogP contribution < -0.4 is 4.74 Å². The minimum Gasteiger partial charge on any atom is -0.494 e. The summed E-state index contributed by atoms with van der Waals surface area (Å²) in [6.45, 7) is 8.37. The summed E-state index contributed by atoms with van der Waals surface area (Å²) in [6, 6.07) is 11.3. The van der Waals surface area contributed by atoms with Crippen LogP contribution in [-0.2, 0) is 13.3 Å². The molecule has 0 atom stereocenters. The van der Waals surface area contributed by atoms with Crippen molar-refractivity contribution in [2.45, 2.75) is 33.2 Å². The molecule has 20 heavy (non-hydrogen) atoms. The Morgan fingerprint density at radius 2 is 1.70 bits per heavy atom. The first-order chi connectivity index (χ1) is 9.76. The van der Waals surface area contributed by atoms with E-state index in [-0.39, 0.29) is 0 Å². The summed E-state index contributed by atoms with van der Waals surface area (Å²) in [6.07, 6.45) is 0.848. The molecule has 0 amide bonds. The zero-order valence-corrected chi connectivity index (χ0v) is 13.7. The second kappa shape index (κ2) is 9.93. The molecule has 0 heterocycles. The van der Waals surface area contributed by atoms with E-state index in [9.17, 15) is 0 Å². The van der Waals surface area contributed by atoms with Crippen molar-refractivity contribution in [3.05, 3.63) is 30.3 Å². The van der Waals surface area contributed by atoms with Crippen LogP contribution in [0, 0.1) is 6.07 Å². The highest BCUT2D eigenvalue weighted by molar-refractivity contribution is 6.60. The smallest absolute Gasteiger partial charge is 0.494 e. The van der Waals surface area contributed by atoms with Gasteiger partial charge in [-0.25, -0.2) is 0 Å². The number of hydrogen-bond donors (Lipinski definition) is 0. The molecular formula is C15H25O4Si. The lowest BCUT2D eigenvalue weighted by atomic mass is 10.3. The molecule has 1 aromatic carbocycles. The molecular weight excluding hydrogens is 272 g/mol. The SMILES string of the molecule is CCO[Si](CCCOc1c[c]ccc1)(OCC)OCC. The molecule has 113 valence electrons. The first kappa shape index (κ1) is 17.2. The Kier molecular flexibility index (Phi) is 8.53. The van der Waals surface area contributed by atoms with Crippen molar-refractivity contribution in [2.24, 2.45) is 0 Å². The van der Waals surface area contributed by atoms with E-state index in [0.29, 0.717) is 26.4 Å². The lowest BCUT2D eigenvalue weighted by Gasteiger charge is -2.28. The van der Waals surface area contributed by atoms with Crippen LogP contribution in [0.3, 0.4) is 0 Å². The predicted molar refractivity (Wildman–Crippen MR) is 80.8 cm³/mol. The average Bonchev–Trinajstić information content (AvgIpc) is 2.46. The van der Waals surface area contributed by atoms with Crippen molar-refractivity contribution in [1.29, 1.82) is 0 Å². The first-order valence-corrected chi connectivity index (χ1v) is 9.20.